The number of aromatic carboxylic acids is 1. The van der Waals surface area contributed by atoms with E-state index in [1.807, 2.05) is 0 Å². The van der Waals surface area contributed by atoms with Crippen LogP contribution in [0.2, 0.25) is 0 Å². The molecule has 0 atom stereocenters. The Bertz CT molecular complexity index is 1500. The molecule has 0 radical (unpaired) electrons. The van der Waals surface area contributed by atoms with Crippen LogP contribution in [0.1, 0.15) is 10.4 Å². The number of phenolic OH excluding ortho intramolecular Hbond substituents is 1. The van der Waals surface area contributed by atoms with Crippen LogP contribution in [0, 0.1) is 0 Å². The van der Waals surface area contributed by atoms with E-state index in [-0.39, 0.29) is 57.6 Å². The van der Waals surface area contributed by atoms with Crippen molar-refractivity contribution in [3.63, 3.8) is 0 Å². The summed E-state index contributed by atoms with van der Waals surface area (Å²) >= 11 is 1.11. The Morgan fingerprint density at radius 3 is 2.49 bits per heavy atom. The van der Waals surface area contributed by atoms with Gasteiger partial charge < -0.3 is 25.7 Å². The maximum atomic E-state index is 12.2. The number of carboxylic acids is 1. The van der Waals surface area contributed by atoms with Crippen LogP contribution in [0.3, 0.4) is 0 Å². The average Bonchev–Trinajstić information content (AvgIpc) is 2.82. The minimum atomic E-state index is -1.22. The highest BCUT2D eigenvalue weighted by Crippen LogP contribution is 2.42. The van der Waals surface area contributed by atoms with Gasteiger partial charge in [0.2, 0.25) is 5.91 Å². The lowest BCUT2D eigenvalue weighted by Crippen LogP contribution is -2.19. The molecule has 0 bridgehead atoms. The van der Waals surface area contributed by atoms with Crippen LogP contribution in [-0.2, 0) is 9.59 Å². The molecule has 0 saturated heterocycles. The summed E-state index contributed by atoms with van der Waals surface area (Å²) in [6.45, 7) is -0.0933. The molecule has 35 heavy (non-hydrogen) atoms. The summed E-state index contributed by atoms with van der Waals surface area (Å²) < 4.78 is 5.81. The smallest absolute Gasteiger partial charge is 0.336 e. The molecule has 10 heteroatoms. The van der Waals surface area contributed by atoms with Crippen LogP contribution in [-0.4, -0.2) is 45.9 Å². The average molecular weight is 493 g/mol. The normalized spacial score (nSPS) is 11.0. The molecule has 5 N–H and O–H groups in total. The van der Waals surface area contributed by atoms with Gasteiger partial charge in [-0.1, -0.05) is 6.07 Å². The van der Waals surface area contributed by atoms with Gasteiger partial charge in [0.05, 0.1) is 23.6 Å². The summed E-state index contributed by atoms with van der Waals surface area (Å²) in [7, 11) is 0. The van der Waals surface area contributed by atoms with Gasteiger partial charge >= 0.3 is 5.97 Å². The third-order valence-corrected chi connectivity index (χ3v) is 6.20. The second-order valence-corrected chi connectivity index (χ2v) is 8.65. The highest BCUT2D eigenvalue weighted by atomic mass is 32.2. The highest BCUT2D eigenvalue weighted by molar-refractivity contribution is 8.00. The number of rotatable bonds is 8. The van der Waals surface area contributed by atoms with E-state index in [0.29, 0.717) is 22.1 Å². The van der Waals surface area contributed by atoms with Crippen molar-refractivity contribution in [2.75, 3.05) is 23.4 Å². The number of aromatic hydroxyl groups is 1. The number of fused-ring (bicyclic) bond motifs is 2. The first kappa shape index (κ1) is 24.0. The third-order valence-electron chi connectivity index (χ3n) is 5.20. The molecule has 1 aliphatic heterocycles. The highest BCUT2D eigenvalue weighted by Gasteiger charge is 2.22. The fraction of sp³-hybridized carbons (Fsp3) is 0.120. The summed E-state index contributed by atoms with van der Waals surface area (Å²) in [6.07, 6.45) is 0. The van der Waals surface area contributed by atoms with E-state index in [1.54, 1.807) is 24.3 Å². The van der Waals surface area contributed by atoms with Crippen LogP contribution < -0.4 is 16.5 Å². The Balaban J connectivity index is 1.78. The van der Waals surface area contributed by atoms with Crippen LogP contribution >= 0.6 is 11.8 Å². The zero-order valence-corrected chi connectivity index (χ0v) is 19.1. The Labute approximate surface area is 202 Å². The van der Waals surface area contributed by atoms with E-state index in [9.17, 15) is 29.4 Å². The summed E-state index contributed by atoms with van der Waals surface area (Å²) in [5, 5.41) is 23.0. The molecule has 1 heterocycles. The maximum Gasteiger partial charge on any atom is 0.336 e. The topological polar surface area (TPSA) is 160 Å². The van der Waals surface area contributed by atoms with Gasteiger partial charge in [0, 0.05) is 34.3 Å². The number of nitrogens with two attached hydrogens (primary N) is 1. The maximum absolute atomic E-state index is 12.2. The molecule has 0 aromatic heterocycles. The van der Waals surface area contributed by atoms with Gasteiger partial charge in [0.1, 0.15) is 17.1 Å². The minimum absolute atomic E-state index is 0.00633. The number of nitrogens with one attached hydrogen (secondary N) is 1. The van der Waals surface area contributed by atoms with Crippen LogP contribution in [0.25, 0.3) is 33.4 Å². The number of ketones is 1. The van der Waals surface area contributed by atoms with Crippen LogP contribution in [0.15, 0.2) is 63.8 Å². The molecule has 0 unspecified atom stereocenters. The van der Waals surface area contributed by atoms with E-state index in [4.69, 9.17) is 10.2 Å². The van der Waals surface area contributed by atoms with Crippen molar-refractivity contribution in [3.8, 4) is 28.2 Å². The summed E-state index contributed by atoms with van der Waals surface area (Å²) in [6, 6.07) is 13.1. The van der Waals surface area contributed by atoms with Gasteiger partial charge in [-0.15, -0.1) is 11.8 Å². The molecule has 178 valence electrons. The molecule has 0 spiro atoms. The van der Waals surface area contributed by atoms with Crippen molar-refractivity contribution in [2.45, 2.75) is 0 Å². The molecule has 4 rings (SSSR count). The largest absolute Gasteiger partial charge is 0.508 e. The predicted octanol–water partition coefficient (Wildman–Crippen LogP) is 3.17. The Morgan fingerprint density at radius 2 is 1.74 bits per heavy atom. The zero-order chi connectivity index (χ0) is 25.1. The molecule has 0 fully saturated rings. The van der Waals surface area contributed by atoms with E-state index >= 15 is 0 Å². The number of benzene rings is 3. The predicted molar refractivity (Wildman–Crippen MR) is 133 cm³/mol. The summed E-state index contributed by atoms with van der Waals surface area (Å²) in [5.41, 5.74) is 6.80. The lowest BCUT2D eigenvalue weighted by Gasteiger charge is -2.17. The monoisotopic (exact) mass is 492 g/mol. The van der Waals surface area contributed by atoms with Gasteiger partial charge in [-0.3, -0.25) is 14.4 Å². The number of hydrogen-bond acceptors (Lipinski definition) is 8. The van der Waals surface area contributed by atoms with Gasteiger partial charge in [-0.25, -0.2) is 4.79 Å². The lowest BCUT2D eigenvalue weighted by molar-refractivity contribution is -0.115. The number of carbonyl (C=O) groups excluding carboxylic acids is 2. The van der Waals surface area contributed by atoms with Crippen molar-refractivity contribution in [2.24, 2.45) is 5.73 Å². The molecule has 2 aliphatic rings. The number of Topliss-reactive ketones (excluding diaryl/α,β-unsaturated/α-hetero) is 1. The number of hydrogen-bond donors (Lipinski definition) is 4. The first-order valence-electron chi connectivity index (χ1n) is 10.4. The molecule has 1 aliphatic carbocycles. The van der Waals surface area contributed by atoms with Gasteiger partial charge in [0.25, 0.3) is 0 Å². The van der Waals surface area contributed by atoms with E-state index in [1.165, 1.54) is 30.3 Å². The van der Waals surface area contributed by atoms with Gasteiger partial charge in [0.15, 0.2) is 11.2 Å². The molecule has 2 aromatic carbocycles. The molecular weight excluding hydrogens is 472 g/mol. The molecule has 2 aromatic rings. The van der Waals surface area contributed by atoms with Crippen LogP contribution in [0.4, 0.5) is 5.69 Å². The number of thioether (sulfide) groups is 1. The minimum Gasteiger partial charge on any atom is -0.508 e. The van der Waals surface area contributed by atoms with Crippen molar-refractivity contribution in [1.29, 1.82) is 0 Å². The summed E-state index contributed by atoms with van der Waals surface area (Å²) in [4.78, 5) is 47.7. The number of amides is 1. The summed E-state index contributed by atoms with van der Waals surface area (Å²) in [5.74, 6) is -1.48. The molecule has 0 saturated carbocycles. The molecule has 9 nitrogen and oxygen atoms in total. The Hall–Kier alpha value is -4.15. The van der Waals surface area contributed by atoms with Crippen molar-refractivity contribution in [1.82, 2.24) is 0 Å². The van der Waals surface area contributed by atoms with Crippen LogP contribution in [0.5, 0.6) is 5.75 Å². The number of anilines is 1. The van der Waals surface area contributed by atoms with Gasteiger partial charge in [-0.05, 0) is 42.0 Å². The molecule has 1 amide bonds. The second-order valence-electron chi connectivity index (χ2n) is 7.66. The van der Waals surface area contributed by atoms with Crippen molar-refractivity contribution in [3.05, 3.63) is 70.4 Å². The van der Waals surface area contributed by atoms with E-state index < -0.39 is 11.9 Å². The third kappa shape index (κ3) is 5.18. The van der Waals surface area contributed by atoms with Crippen molar-refractivity contribution >= 4 is 46.1 Å². The second kappa shape index (κ2) is 10.00. The first-order chi connectivity index (χ1) is 16.8. The Kier molecular flexibility index (Phi) is 6.85. The standard InChI is InChI=1S/C25H20N2O7S/c26-10-16(30)11-35-12-23(31)27-13-1-4-17(20(7-13)25(32)33)24-18-5-2-14(28)8-21(18)34-22-9-15(29)3-6-19(22)24/h1-9,28H,10-12,26H2,(H,27,31)(H,32,33). The molecular formula is C25H20N2O7S. The van der Waals surface area contributed by atoms with Gasteiger partial charge in [-0.2, -0.15) is 0 Å². The van der Waals surface area contributed by atoms with Crippen molar-refractivity contribution < 1.29 is 29.0 Å². The van der Waals surface area contributed by atoms with E-state index in [2.05, 4.69) is 5.32 Å². The zero-order valence-electron chi connectivity index (χ0n) is 18.2. The Morgan fingerprint density at radius 1 is 0.971 bits per heavy atom. The fourth-order valence-electron chi connectivity index (χ4n) is 3.68. The number of carbonyl (C=O) groups is 3. The number of phenols is 1. The number of carboxylic acid groups (broad SMARTS) is 1. The fourth-order valence-corrected chi connectivity index (χ4v) is 4.39. The SMILES string of the molecule is NCC(=O)CSCC(=O)Nc1ccc(-c2c3ccc(=O)cc-3oc3cc(O)ccc23)c(C(=O)O)c1. The van der Waals surface area contributed by atoms with E-state index in [0.717, 1.165) is 11.8 Å². The quantitative estimate of drug-likeness (QED) is 0.271. The first-order valence-corrected chi connectivity index (χ1v) is 11.6. The lowest BCUT2D eigenvalue weighted by atomic mass is 9.90.